The Hall–Kier alpha value is -2.59. The number of unbranched alkanes of at least 4 members (excludes halogenated alkanes) is 4. The van der Waals surface area contributed by atoms with Crippen molar-refractivity contribution < 1.29 is 17.9 Å². The number of rotatable bonds is 11. The van der Waals surface area contributed by atoms with E-state index in [2.05, 4.69) is 13.8 Å². The smallest absolute Gasteiger partial charge is 0.166 e. The lowest BCUT2D eigenvalue weighted by Crippen LogP contribution is -2.25. The van der Waals surface area contributed by atoms with Crippen molar-refractivity contribution in [1.29, 1.82) is 0 Å². The molecule has 1 heterocycles. The van der Waals surface area contributed by atoms with Crippen molar-refractivity contribution in [3.05, 3.63) is 83.2 Å². The van der Waals surface area contributed by atoms with Gasteiger partial charge in [-0.2, -0.15) is 0 Å². The van der Waals surface area contributed by atoms with E-state index in [4.69, 9.17) is 4.74 Å². The molecule has 4 rings (SSSR count). The molecule has 1 aliphatic heterocycles. The molecule has 3 aromatic rings. The molecule has 0 bridgehead atoms. The van der Waals surface area contributed by atoms with Gasteiger partial charge < -0.3 is 4.74 Å². The fraction of sp³-hybridized carbons (Fsp3) is 0.455. The van der Waals surface area contributed by atoms with Crippen LogP contribution in [0.1, 0.15) is 88.7 Å². The molecular formula is C33H39F3O. The Balaban J connectivity index is 1.43. The first-order chi connectivity index (χ1) is 18.0. The van der Waals surface area contributed by atoms with E-state index in [0.717, 1.165) is 62.5 Å². The minimum absolute atomic E-state index is 0.0849. The molecule has 3 aromatic carbocycles. The minimum Gasteiger partial charge on any atom is -0.378 e. The average Bonchev–Trinajstić information content (AvgIpc) is 2.92. The van der Waals surface area contributed by atoms with Gasteiger partial charge in [-0.3, -0.25) is 0 Å². The summed E-state index contributed by atoms with van der Waals surface area (Å²) in [5.74, 6) is -1.68. The van der Waals surface area contributed by atoms with E-state index >= 15 is 4.39 Å². The van der Waals surface area contributed by atoms with Crippen molar-refractivity contribution in [2.45, 2.75) is 90.1 Å². The lowest BCUT2D eigenvalue weighted by molar-refractivity contribution is -0.00172. The van der Waals surface area contributed by atoms with Crippen LogP contribution in [-0.4, -0.2) is 12.7 Å². The first-order valence-corrected chi connectivity index (χ1v) is 14.0. The summed E-state index contributed by atoms with van der Waals surface area (Å²) in [6.45, 7) is 4.88. The van der Waals surface area contributed by atoms with E-state index in [1.54, 1.807) is 30.3 Å². The van der Waals surface area contributed by atoms with Gasteiger partial charge in [-0.15, -0.1) is 0 Å². The van der Waals surface area contributed by atoms with Gasteiger partial charge in [0.1, 0.15) is 5.82 Å². The molecule has 198 valence electrons. The molecular weight excluding hydrogens is 469 g/mol. The van der Waals surface area contributed by atoms with Gasteiger partial charge in [0, 0.05) is 11.5 Å². The van der Waals surface area contributed by atoms with E-state index in [-0.39, 0.29) is 17.3 Å². The SMILES string of the molecule is CCCCCCCc1ccc(-c2ccc(-c3ccc(C4CCC(CCC)OC4)c(F)c3)cc2)c(F)c1F. The molecule has 2 atom stereocenters. The normalized spacial score (nSPS) is 17.8. The Labute approximate surface area is 220 Å². The minimum atomic E-state index is -0.801. The van der Waals surface area contributed by atoms with Crippen molar-refractivity contribution in [1.82, 2.24) is 0 Å². The second-order valence-electron chi connectivity index (χ2n) is 10.4. The van der Waals surface area contributed by atoms with Crippen molar-refractivity contribution in [3.63, 3.8) is 0 Å². The predicted octanol–water partition coefficient (Wildman–Crippen LogP) is 10.0. The van der Waals surface area contributed by atoms with Crippen molar-refractivity contribution in [2.75, 3.05) is 6.61 Å². The van der Waals surface area contributed by atoms with Crippen LogP contribution in [0.2, 0.25) is 0 Å². The summed E-state index contributed by atoms with van der Waals surface area (Å²) in [4.78, 5) is 0. The van der Waals surface area contributed by atoms with E-state index in [1.165, 1.54) is 6.42 Å². The Kier molecular flexibility index (Phi) is 9.85. The molecule has 0 amide bonds. The Bertz CT molecular complexity index is 1150. The van der Waals surface area contributed by atoms with Gasteiger partial charge >= 0.3 is 0 Å². The molecule has 0 spiro atoms. The first kappa shape index (κ1) is 27.4. The number of hydrogen-bond donors (Lipinski definition) is 0. The molecule has 37 heavy (non-hydrogen) atoms. The molecule has 0 radical (unpaired) electrons. The summed E-state index contributed by atoms with van der Waals surface area (Å²) >= 11 is 0. The van der Waals surface area contributed by atoms with Crippen LogP contribution in [0.4, 0.5) is 13.2 Å². The van der Waals surface area contributed by atoms with Crippen LogP contribution in [0.3, 0.4) is 0 Å². The number of aryl methyl sites for hydroxylation is 1. The highest BCUT2D eigenvalue weighted by molar-refractivity contribution is 5.71. The van der Waals surface area contributed by atoms with Gasteiger partial charge in [0.15, 0.2) is 11.6 Å². The van der Waals surface area contributed by atoms with Gasteiger partial charge in [0.25, 0.3) is 0 Å². The zero-order valence-corrected chi connectivity index (χ0v) is 22.2. The third-order valence-electron chi connectivity index (χ3n) is 7.66. The summed E-state index contributed by atoms with van der Waals surface area (Å²) in [6.07, 6.45) is 10.3. The summed E-state index contributed by atoms with van der Waals surface area (Å²) in [6, 6.07) is 15.9. The van der Waals surface area contributed by atoms with Crippen LogP contribution in [-0.2, 0) is 11.2 Å². The highest BCUT2D eigenvalue weighted by atomic mass is 19.2. The quantitative estimate of drug-likeness (QED) is 0.234. The summed E-state index contributed by atoms with van der Waals surface area (Å²) in [5.41, 5.74) is 3.60. The zero-order chi connectivity index (χ0) is 26.2. The molecule has 1 saturated heterocycles. The van der Waals surface area contributed by atoms with Crippen LogP contribution < -0.4 is 0 Å². The van der Waals surface area contributed by atoms with Crippen LogP contribution in [0.15, 0.2) is 54.6 Å². The standard InChI is InChI=1S/C33H39F3O/c1-3-5-6-7-8-10-25-16-20-30(33(36)32(25)35)24-13-11-23(12-14-24)26-17-19-29(31(34)21-26)27-15-18-28(9-4-2)37-22-27/h11-14,16-17,19-21,27-28H,3-10,15,18,22H2,1-2H3. The van der Waals surface area contributed by atoms with Gasteiger partial charge in [-0.25, -0.2) is 13.2 Å². The largest absolute Gasteiger partial charge is 0.378 e. The van der Waals surface area contributed by atoms with Crippen LogP contribution in [0.25, 0.3) is 22.3 Å². The second kappa shape index (κ2) is 13.3. The lowest BCUT2D eigenvalue weighted by atomic mass is 9.89. The zero-order valence-electron chi connectivity index (χ0n) is 22.2. The van der Waals surface area contributed by atoms with Crippen LogP contribution in [0, 0.1) is 17.5 Å². The fourth-order valence-electron chi connectivity index (χ4n) is 5.41. The van der Waals surface area contributed by atoms with E-state index in [1.807, 2.05) is 24.3 Å². The summed E-state index contributed by atoms with van der Waals surface area (Å²) < 4.78 is 50.6. The Morgan fingerprint density at radius 3 is 2.14 bits per heavy atom. The lowest BCUT2D eigenvalue weighted by Gasteiger charge is -2.29. The highest BCUT2D eigenvalue weighted by Crippen LogP contribution is 2.34. The predicted molar refractivity (Wildman–Crippen MR) is 146 cm³/mol. The molecule has 0 N–H and O–H groups in total. The molecule has 0 aromatic heterocycles. The molecule has 0 saturated carbocycles. The monoisotopic (exact) mass is 508 g/mol. The average molecular weight is 509 g/mol. The summed E-state index contributed by atoms with van der Waals surface area (Å²) in [5, 5.41) is 0. The molecule has 0 aliphatic carbocycles. The van der Waals surface area contributed by atoms with E-state index in [9.17, 15) is 8.78 Å². The maximum atomic E-state index is 15.0. The van der Waals surface area contributed by atoms with Crippen molar-refractivity contribution in [3.8, 4) is 22.3 Å². The maximum absolute atomic E-state index is 15.0. The number of benzene rings is 3. The fourth-order valence-corrected chi connectivity index (χ4v) is 5.41. The Morgan fingerprint density at radius 1 is 0.730 bits per heavy atom. The summed E-state index contributed by atoms with van der Waals surface area (Å²) in [7, 11) is 0. The van der Waals surface area contributed by atoms with Crippen molar-refractivity contribution >= 4 is 0 Å². The third kappa shape index (κ3) is 6.84. The number of ether oxygens (including phenoxy) is 1. The van der Waals surface area contributed by atoms with Gasteiger partial charge in [0.2, 0.25) is 0 Å². The Morgan fingerprint density at radius 2 is 1.46 bits per heavy atom. The van der Waals surface area contributed by atoms with Crippen LogP contribution in [0.5, 0.6) is 0 Å². The topological polar surface area (TPSA) is 9.23 Å². The van der Waals surface area contributed by atoms with Gasteiger partial charge in [0.05, 0.1) is 12.7 Å². The van der Waals surface area contributed by atoms with E-state index in [0.29, 0.717) is 35.8 Å². The van der Waals surface area contributed by atoms with Crippen molar-refractivity contribution in [2.24, 2.45) is 0 Å². The molecule has 4 heteroatoms. The van der Waals surface area contributed by atoms with Gasteiger partial charge in [-0.05, 0) is 66.0 Å². The van der Waals surface area contributed by atoms with E-state index < -0.39 is 11.6 Å². The second-order valence-corrected chi connectivity index (χ2v) is 10.4. The molecule has 1 nitrogen and oxygen atoms in total. The number of halogens is 3. The third-order valence-corrected chi connectivity index (χ3v) is 7.66. The number of hydrogen-bond acceptors (Lipinski definition) is 1. The first-order valence-electron chi connectivity index (χ1n) is 14.0. The van der Waals surface area contributed by atoms with Gasteiger partial charge in [-0.1, -0.05) is 94.5 Å². The van der Waals surface area contributed by atoms with Crippen LogP contribution >= 0.6 is 0 Å². The molecule has 2 unspecified atom stereocenters. The molecule has 1 aliphatic rings. The highest BCUT2D eigenvalue weighted by Gasteiger charge is 2.24. The molecule has 1 fully saturated rings. The maximum Gasteiger partial charge on any atom is 0.166 e.